The van der Waals surface area contributed by atoms with Crippen LogP contribution in [0.15, 0.2) is 24.9 Å². The van der Waals surface area contributed by atoms with Crippen LogP contribution < -0.4 is 9.47 Å². The first-order chi connectivity index (χ1) is 9.52. The van der Waals surface area contributed by atoms with E-state index in [2.05, 4.69) is 16.5 Å². The van der Waals surface area contributed by atoms with Crippen LogP contribution >= 0.6 is 0 Å². The number of hydrogen-bond donors (Lipinski definition) is 0. The quantitative estimate of drug-likeness (QED) is 0.770. The molecular weight excluding hydrogens is 264 g/mol. The van der Waals surface area contributed by atoms with E-state index in [4.69, 9.17) is 9.47 Å². The third-order valence-electron chi connectivity index (χ3n) is 2.25. The third kappa shape index (κ3) is 5.98. The van der Waals surface area contributed by atoms with Crippen LogP contribution in [0.25, 0.3) is 5.57 Å². The summed E-state index contributed by atoms with van der Waals surface area (Å²) >= 11 is 0. The van der Waals surface area contributed by atoms with E-state index in [1.54, 1.807) is 6.20 Å². The van der Waals surface area contributed by atoms with Gasteiger partial charge in [0, 0.05) is 6.20 Å². The van der Waals surface area contributed by atoms with Crippen molar-refractivity contribution in [3.05, 3.63) is 30.5 Å². The van der Waals surface area contributed by atoms with Crippen molar-refractivity contribution in [3.8, 4) is 11.9 Å². The highest BCUT2D eigenvalue weighted by molar-refractivity contribution is 5.74. The molecule has 1 heterocycles. The molecule has 1 rings (SSSR count). The Hall–Kier alpha value is -1.84. The zero-order valence-electron chi connectivity index (χ0n) is 14.2. The van der Waals surface area contributed by atoms with Crippen molar-refractivity contribution in [2.24, 2.45) is 0 Å². The molecule has 0 spiro atoms. The highest BCUT2D eigenvalue weighted by atomic mass is 16.5. The number of hydrogen-bond acceptors (Lipinski definition) is 4. The Morgan fingerprint density at radius 3 is 2.14 bits per heavy atom. The van der Waals surface area contributed by atoms with Crippen molar-refractivity contribution in [1.82, 2.24) is 9.97 Å². The minimum atomic E-state index is -0.363. The van der Waals surface area contributed by atoms with E-state index in [1.807, 2.05) is 60.6 Å². The summed E-state index contributed by atoms with van der Waals surface area (Å²) in [5, 5.41) is 0. The van der Waals surface area contributed by atoms with E-state index < -0.39 is 0 Å². The van der Waals surface area contributed by atoms with Crippen LogP contribution in [-0.2, 0) is 0 Å². The molecule has 0 unspecified atom stereocenters. The van der Waals surface area contributed by atoms with Gasteiger partial charge in [0.2, 0.25) is 5.88 Å². The molecule has 0 amide bonds. The van der Waals surface area contributed by atoms with Gasteiger partial charge in [-0.25, -0.2) is 4.98 Å². The van der Waals surface area contributed by atoms with Gasteiger partial charge in [0.15, 0.2) is 0 Å². The molecular formula is C17H26N2O2. The summed E-state index contributed by atoms with van der Waals surface area (Å²) in [6.07, 6.45) is 5.51. The van der Waals surface area contributed by atoms with Crippen molar-refractivity contribution in [3.63, 3.8) is 0 Å². The van der Waals surface area contributed by atoms with Gasteiger partial charge in [-0.3, -0.25) is 0 Å². The molecule has 0 saturated heterocycles. The number of aromatic nitrogens is 2. The minimum absolute atomic E-state index is 0.304. The lowest BCUT2D eigenvalue weighted by atomic mass is 10.1. The summed E-state index contributed by atoms with van der Waals surface area (Å²) in [6.45, 7) is 17.7. The molecule has 1 aromatic rings. The predicted octanol–water partition coefficient (Wildman–Crippen LogP) is 4.42. The summed E-state index contributed by atoms with van der Waals surface area (Å²) in [4.78, 5) is 8.65. The second-order valence-electron chi connectivity index (χ2n) is 6.83. The molecule has 0 aliphatic carbocycles. The number of nitrogens with zero attached hydrogens (tertiary/aromatic N) is 2. The molecule has 0 bridgehead atoms. The standard InChI is InChI=1S/C17H26N2O2/c1-9-10-12(2)13-11-18-15(21-17(6,7)8)19-14(13)20-16(3,4)5/h9-11H,2H2,1,3-8H3/b10-9-. The maximum absolute atomic E-state index is 5.93. The molecule has 0 saturated carbocycles. The second kappa shape index (κ2) is 6.29. The summed E-state index contributed by atoms with van der Waals surface area (Å²) in [5.74, 6) is 0.486. The first-order valence-corrected chi connectivity index (χ1v) is 7.09. The van der Waals surface area contributed by atoms with Crippen LogP contribution in [0.5, 0.6) is 11.9 Å². The van der Waals surface area contributed by atoms with Gasteiger partial charge < -0.3 is 9.47 Å². The van der Waals surface area contributed by atoms with Gasteiger partial charge in [-0.15, -0.1) is 0 Å². The summed E-state index contributed by atoms with van der Waals surface area (Å²) in [7, 11) is 0. The van der Waals surface area contributed by atoms with Gasteiger partial charge in [-0.2, -0.15) is 4.98 Å². The highest BCUT2D eigenvalue weighted by Gasteiger charge is 2.20. The topological polar surface area (TPSA) is 44.2 Å². The van der Waals surface area contributed by atoms with Gasteiger partial charge in [0.1, 0.15) is 11.2 Å². The Balaban J connectivity index is 3.23. The molecule has 0 fully saturated rings. The zero-order valence-corrected chi connectivity index (χ0v) is 14.2. The number of rotatable bonds is 4. The van der Waals surface area contributed by atoms with Crippen molar-refractivity contribution in [2.75, 3.05) is 0 Å². The second-order valence-corrected chi connectivity index (χ2v) is 6.83. The molecule has 4 nitrogen and oxygen atoms in total. The van der Waals surface area contributed by atoms with Crippen molar-refractivity contribution >= 4 is 5.57 Å². The monoisotopic (exact) mass is 290 g/mol. The van der Waals surface area contributed by atoms with Gasteiger partial charge in [0.25, 0.3) is 0 Å². The zero-order chi connectivity index (χ0) is 16.3. The minimum Gasteiger partial charge on any atom is -0.471 e. The number of allylic oxidation sites excluding steroid dienone is 3. The Bertz CT molecular complexity index is 535. The fraction of sp³-hybridized carbons (Fsp3) is 0.529. The van der Waals surface area contributed by atoms with Gasteiger partial charge in [-0.05, 0) is 54.0 Å². The fourth-order valence-corrected chi connectivity index (χ4v) is 1.55. The van der Waals surface area contributed by atoms with E-state index in [-0.39, 0.29) is 11.2 Å². The maximum Gasteiger partial charge on any atom is 0.320 e. The number of ether oxygens (including phenoxy) is 2. The van der Waals surface area contributed by atoms with Crippen molar-refractivity contribution in [2.45, 2.75) is 59.7 Å². The van der Waals surface area contributed by atoms with E-state index in [9.17, 15) is 0 Å². The lowest BCUT2D eigenvalue weighted by molar-refractivity contribution is 0.103. The summed E-state index contributed by atoms with van der Waals surface area (Å²) in [6, 6.07) is 0.304. The molecule has 0 aliphatic heterocycles. The molecule has 0 radical (unpaired) electrons. The molecule has 0 atom stereocenters. The molecule has 0 aromatic carbocycles. The molecule has 0 N–H and O–H groups in total. The molecule has 4 heteroatoms. The molecule has 21 heavy (non-hydrogen) atoms. The average molecular weight is 290 g/mol. The van der Waals surface area contributed by atoms with Crippen LogP contribution in [-0.4, -0.2) is 21.2 Å². The third-order valence-corrected chi connectivity index (χ3v) is 2.25. The largest absolute Gasteiger partial charge is 0.471 e. The van der Waals surface area contributed by atoms with E-state index in [1.165, 1.54) is 0 Å². The lowest BCUT2D eigenvalue weighted by Crippen LogP contribution is -2.26. The van der Waals surface area contributed by atoms with Crippen molar-refractivity contribution in [1.29, 1.82) is 0 Å². The first kappa shape index (κ1) is 17.2. The average Bonchev–Trinajstić information content (AvgIpc) is 2.24. The molecule has 0 aliphatic rings. The van der Waals surface area contributed by atoms with Crippen LogP contribution in [0.3, 0.4) is 0 Å². The Morgan fingerprint density at radius 1 is 1.10 bits per heavy atom. The molecule has 116 valence electrons. The highest BCUT2D eigenvalue weighted by Crippen LogP contribution is 2.28. The van der Waals surface area contributed by atoms with Crippen molar-refractivity contribution < 1.29 is 9.47 Å². The van der Waals surface area contributed by atoms with Crippen LogP contribution in [0.4, 0.5) is 0 Å². The smallest absolute Gasteiger partial charge is 0.320 e. The van der Waals surface area contributed by atoms with Gasteiger partial charge in [0.05, 0.1) is 5.56 Å². The predicted molar refractivity (Wildman–Crippen MR) is 86.6 cm³/mol. The summed E-state index contributed by atoms with van der Waals surface area (Å²) in [5.41, 5.74) is 0.849. The molecule has 1 aromatic heterocycles. The van der Waals surface area contributed by atoms with Crippen LogP contribution in [0.2, 0.25) is 0 Å². The Morgan fingerprint density at radius 2 is 1.67 bits per heavy atom. The lowest BCUT2D eigenvalue weighted by Gasteiger charge is -2.24. The Kier molecular flexibility index (Phi) is 5.15. The maximum atomic E-state index is 5.93. The fourth-order valence-electron chi connectivity index (χ4n) is 1.55. The van der Waals surface area contributed by atoms with E-state index in [0.29, 0.717) is 11.9 Å². The van der Waals surface area contributed by atoms with Crippen LogP contribution in [0.1, 0.15) is 54.0 Å². The van der Waals surface area contributed by atoms with Gasteiger partial charge >= 0.3 is 6.01 Å². The van der Waals surface area contributed by atoms with Crippen LogP contribution in [0, 0.1) is 0 Å². The SMILES string of the molecule is C=C(/C=C\C)c1cnc(OC(C)(C)C)nc1OC(C)(C)C. The van der Waals surface area contributed by atoms with E-state index >= 15 is 0 Å². The first-order valence-electron chi connectivity index (χ1n) is 7.09. The Labute approximate surface area is 127 Å². The normalized spacial score (nSPS) is 12.5. The van der Waals surface area contributed by atoms with Gasteiger partial charge in [-0.1, -0.05) is 18.7 Å². The van der Waals surface area contributed by atoms with E-state index in [0.717, 1.165) is 11.1 Å². The summed E-state index contributed by atoms with van der Waals surface area (Å²) < 4.78 is 11.6.